The third-order valence-corrected chi connectivity index (χ3v) is 1.82. The Hall–Kier alpha value is -1.60. The van der Waals surface area contributed by atoms with Crippen molar-refractivity contribution in [2.24, 2.45) is 0 Å². The molecule has 0 aliphatic heterocycles. The summed E-state index contributed by atoms with van der Waals surface area (Å²) in [4.78, 5) is 10.0. The molecule has 0 saturated carbocycles. The summed E-state index contributed by atoms with van der Waals surface area (Å²) in [6.45, 7) is 1.06. The van der Waals surface area contributed by atoms with E-state index in [-0.39, 0.29) is 5.69 Å². The quantitative estimate of drug-likeness (QED) is 0.315. The lowest BCUT2D eigenvalue weighted by molar-refractivity contribution is -0.384. The van der Waals surface area contributed by atoms with Gasteiger partial charge in [-0.3, -0.25) is 10.1 Å². The lowest BCUT2D eigenvalue weighted by Gasteiger charge is -2.05. The number of hydrogen-bond acceptors (Lipinski definition) is 5. The Kier molecular flexibility index (Phi) is 5.31. The summed E-state index contributed by atoms with van der Waals surface area (Å²) in [5.74, 6) is 0.494. The smallest absolute Gasteiger partial charge is 0.360 e. The third-order valence-electron chi connectivity index (χ3n) is 1.82. The van der Waals surface area contributed by atoms with Crippen LogP contribution >= 0.6 is 0 Å². The van der Waals surface area contributed by atoms with Crippen LogP contribution in [0.2, 0.25) is 0 Å². The molecule has 1 rings (SSSR count). The van der Waals surface area contributed by atoms with Crippen LogP contribution in [0.3, 0.4) is 0 Å². The van der Waals surface area contributed by atoms with Gasteiger partial charge in [-0.1, -0.05) is 6.07 Å². The van der Waals surface area contributed by atoms with Gasteiger partial charge >= 0.3 is 7.62 Å². The lowest BCUT2D eigenvalue weighted by Crippen LogP contribution is -2.26. The second-order valence-corrected chi connectivity index (χ2v) is 3.04. The molecule has 0 aliphatic rings. The molecule has 0 bridgehead atoms. The molecule has 6 nitrogen and oxygen atoms in total. The van der Waals surface area contributed by atoms with Crippen LogP contribution in [0.1, 0.15) is 0 Å². The minimum Gasteiger partial charge on any atom is -0.492 e. The fourth-order valence-corrected chi connectivity index (χ4v) is 1.10. The maximum Gasteiger partial charge on any atom is 0.360 e. The number of nitro groups is 1. The van der Waals surface area contributed by atoms with Crippen LogP contribution in [-0.2, 0) is 4.65 Å². The van der Waals surface area contributed by atoms with E-state index in [9.17, 15) is 10.1 Å². The summed E-state index contributed by atoms with van der Waals surface area (Å²) >= 11 is 0. The van der Waals surface area contributed by atoms with Crippen molar-refractivity contribution in [2.75, 3.05) is 20.3 Å². The Morgan fingerprint density at radius 3 is 3.06 bits per heavy atom. The monoisotopic (exact) mass is 224 g/mol. The van der Waals surface area contributed by atoms with Gasteiger partial charge in [0, 0.05) is 19.7 Å². The molecule has 86 valence electrons. The van der Waals surface area contributed by atoms with Crippen LogP contribution in [0.5, 0.6) is 5.75 Å². The molecule has 0 aliphatic carbocycles. The van der Waals surface area contributed by atoms with Gasteiger partial charge in [-0.05, 0) is 6.07 Å². The Labute approximate surface area is 94.0 Å². The largest absolute Gasteiger partial charge is 0.492 e. The second kappa shape index (κ2) is 6.81. The number of nitro benzene ring substituents is 1. The summed E-state index contributed by atoms with van der Waals surface area (Å²) in [6, 6.07) is 6.10. The zero-order valence-corrected chi connectivity index (χ0v) is 9.01. The second-order valence-electron chi connectivity index (χ2n) is 3.04. The summed E-state index contributed by atoms with van der Waals surface area (Å²) in [5, 5.41) is 13.5. The number of benzene rings is 1. The summed E-state index contributed by atoms with van der Waals surface area (Å²) in [7, 11) is 2.05. The van der Waals surface area contributed by atoms with Crippen molar-refractivity contribution in [3.8, 4) is 5.75 Å². The third kappa shape index (κ3) is 4.29. The van der Waals surface area contributed by atoms with Gasteiger partial charge in [-0.25, -0.2) is 0 Å². The molecule has 0 radical (unpaired) electrons. The molecule has 0 spiro atoms. The first-order valence-corrected chi connectivity index (χ1v) is 4.81. The van der Waals surface area contributed by atoms with E-state index in [0.29, 0.717) is 26.5 Å². The molecule has 1 aromatic rings. The fourth-order valence-electron chi connectivity index (χ4n) is 1.10. The average Bonchev–Trinajstić information content (AvgIpc) is 2.29. The van der Waals surface area contributed by atoms with Crippen LogP contribution in [-0.4, -0.2) is 32.8 Å². The maximum atomic E-state index is 10.5. The van der Waals surface area contributed by atoms with Crippen molar-refractivity contribution in [3.63, 3.8) is 0 Å². The normalized spacial score (nSPS) is 9.81. The number of rotatable bonds is 7. The van der Waals surface area contributed by atoms with Gasteiger partial charge in [0.15, 0.2) is 0 Å². The van der Waals surface area contributed by atoms with Gasteiger partial charge in [0.1, 0.15) is 5.75 Å². The van der Waals surface area contributed by atoms with E-state index in [1.165, 1.54) is 12.1 Å². The number of hydrogen-bond donors (Lipinski definition) is 1. The zero-order chi connectivity index (χ0) is 11.8. The molecule has 0 unspecified atom stereocenters. The lowest BCUT2D eigenvalue weighted by atomic mass is 10.3. The van der Waals surface area contributed by atoms with Gasteiger partial charge < -0.3 is 14.6 Å². The van der Waals surface area contributed by atoms with Gasteiger partial charge in [0.25, 0.3) is 5.69 Å². The molecule has 1 N–H and O–H groups in total. The molecule has 0 fully saturated rings. The van der Waals surface area contributed by atoms with Crippen molar-refractivity contribution < 1.29 is 14.3 Å². The number of nitrogens with one attached hydrogen (secondary N) is 1. The molecule has 16 heavy (non-hydrogen) atoms. The molecule has 1 aromatic carbocycles. The van der Waals surface area contributed by atoms with E-state index in [2.05, 4.69) is 5.23 Å². The Morgan fingerprint density at radius 2 is 2.38 bits per heavy atom. The highest BCUT2D eigenvalue weighted by Gasteiger charge is 2.05. The SMILES string of the molecule is COBNCCOc1cccc([N+](=O)[O-])c1. The summed E-state index contributed by atoms with van der Waals surface area (Å²) in [6.07, 6.45) is 0. The van der Waals surface area contributed by atoms with Crippen molar-refractivity contribution >= 4 is 13.3 Å². The molecule has 7 heteroatoms. The average molecular weight is 224 g/mol. The predicted molar refractivity (Wildman–Crippen MR) is 60.8 cm³/mol. The van der Waals surface area contributed by atoms with Crippen molar-refractivity contribution in [1.29, 1.82) is 0 Å². The van der Waals surface area contributed by atoms with Gasteiger partial charge in [0.05, 0.1) is 17.6 Å². The topological polar surface area (TPSA) is 73.6 Å². The first kappa shape index (κ1) is 12.5. The van der Waals surface area contributed by atoms with E-state index in [1.807, 2.05) is 0 Å². The molecule has 0 heterocycles. The maximum absolute atomic E-state index is 10.5. The van der Waals surface area contributed by atoms with E-state index >= 15 is 0 Å². The summed E-state index contributed by atoms with van der Waals surface area (Å²) in [5.41, 5.74) is 0.0300. The number of non-ortho nitro benzene ring substituents is 1. The van der Waals surface area contributed by atoms with Crippen molar-refractivity contribution in [2.45, 2.75) is 0 Å². The van der Waals surface area contributed by atoms with Crippen molar-refractivity contribution in [3.05, 3.63) is 34.4 Å². The highest BCUT2D eigenvalue weighted by Crippen LogP contribution is 2.18. The predicted octanol–water partition coefficient (Wildman–Crippen LogP) is 0.476. The molecule has 0 aromatic heterocycles. The van der Waals surface area contributed by atoms with Gasteiger partial charge in [-0.15, -0.1) is 0 Å². The highest BCUT2D eigenvalue weighted by atomic mass is 16.6. The fraction of sp³-hybridized carbons (Fsp3) is 0.333. The van der Waals surface area contributed by atoms with Crippen LogP contribution in [0.4, 0.5) is 5.69 Å². The Morgan fingerprint density at radius 1 is 1.56 bits per heavy atom. The minimum atomic E-state index is -0.448. The molecule has 0 amide bonds. The first-order valence-electron chi connectivity index (χ1n) is 4.81. The standard InChI is InChI=1S/C9H13BN2O4/c1-15-10-11-5-6-16-9-4-2-3-8(7-9)12(13)14/h2-4,7,10-11H,5-6H2,1H3. The van der Waals surface area contributed by atoms with Crippen molar-refractivity contribution in [1.82, 2.24) is 5.23 Å². The Balaban J connectivity index is 2.36. The van der Waals surface area contributed by atoms with Crippen LogP contribution in [0, 0.1) is 10.1 Å². The molecular formula is C9H13BN2O4. The van der Waals surface area contributed by atoms with E-state index < -0.39 is 4.92 Å². The highest BCUT2D eigenvalue weighted by molar-refractivity contribution is 6.23. The minimum absolute atomic E-state index is 0.0300. The van der Waals surface area contributed by atoms with E-state index in [4.69, 9.17) is 9.39 Å². The molecule has 0 atom stereocenters. The van der Waals surface area contributed by atoms with Crippen LogP contribution in [0.25, 0.3) is 0 Å². The van der Waals surface area contributed by atoms with Gasteiger partial charge in [0.2, 0.25) is 0 Å². The van der Waals surface area contributed by atoms with Gasteiger partial charge in [-0.2, -0.15) is 0 Å². The number of ether oxygens (including phenoxy) is 1. The number of nitrogens with zero attached hydrogens (tertiary/aromatic N) is 1. The van der Waals surface area contributed by atoms with E-state index in [0.717, 1.165) is 0 Å². The Bertz CT molecular complexity index is 348. The van der Waals surface area contributed by atoms with Crippen LogP contribution < -0.4 is 9.96 Å². The summed E-state index contributed by atoms with van der Waals surface area (Å²) < 4.78 is 10.1. The first-order chi connectivity index (χ1) is 7.74. The zero-order valence-electron chi connectivity index (χ0n) is 9.01. The molecular weight excluding hydrogens is 211 g/mol. The van der Waals surface area contributed by atoms with Crippen LogP contribution in [0.15, 0.2) is 24.3 Å². The van der Waals surface area contributed by atoms with E-state index in [1.54, 1.807) is 19.2 Å². The molecule has 0 saturated heterocycles.